The Kier molecular flexibility index (Phi) is 26.3. The van der Waals surface area contributed by atoms with Crippen molar-refractivity contribution in [1.82, 2.24) is 5.32 Å². The van der Waals surface area contributed by atoms with Crippen LogP contribution >= 0.6 is 0 Å². The molecular weight excluding hydrogens is 219 g/mol. The van der Waals surface area contributed by atoms with Gasteiger partial charge in [0.25, 0.3) is 0 Å². The van der Waals surface area contributed by atoms with Crippen molar-refractivity contribution in [3.63, 3.8) is 0 Å². The summed E-state index contributed by atoms with van der Waals surface area (Å²) in [5, 5.41) is 2.09. The van der Waals surface area contributed by atoms with Crippen molar-refractivity contribution >= 4 is 12.7 Å². The smallest absolute Gasteiger partial charge is 0.204 e. The Balaban J connectivity index is -0.000000114. The first-order chi connectivity index (χ1) is 4.65. The Morgan fingerprint density at radius 3 is 1.91 bits per heavy atom. The summed E-state index contributed by atoms with van der Waals surface area (Å²) in [7, 11) is 0. The fourth-order valence-corrected chi connectivity index (χ4v) is 0.0833. The zero-order valence-electron chi connectivity index (χ0n) is 7.26. The van der Waals surface area contributed by atoms with Gasteiger partial charge < -0.3 is 10.1 Å². The van der Waals surface area contributed by atoms with Crippen LogP contribution in [0.25, 0.3) is 0 Å². The van der Waals surface area contributed by atoms with Crippen molar-refractivity contribution in [2.75, 3.05) is 6.54 Å². The standard InChI is InChI=1S/C4H10.C3H4NO2.Y/c1-4(2)3;5-2-1-4-3-6;/h4H,1-3H3;3H,1H2,(H,4,6);/q;-1;. The third-order valence-electron chi connectivity index (χ3n) is 0.258. The summed E-state index contributed by atoms with van der Waals surface area (Å²) in [6.45, 7) is 6.49. The van der Waals surface area contributed by atoms with E-state index in [1.165, 1.54) is 6.29 Å². The Morgan fingerprint density at radius 1 is 1.45 bits per heavy atom. The summed E-state index contributed by atoms with van der Waals surface area (Å²) in [6, 6.07) is 0. The van der Waals surface area contributed by atoms with Crippen molar-refractivity contribution in [3.05, 3.63) is 0 Å². The van der Waals surface area contributed by atoms with E-state index in [0.29, 0.717) is 6.41 Å². The Labute approximate surface area is 93.2 Å². The maximum absolute atomic E-state index is 9.27. The van der Waals surface area contributed by atoms with Crippen LogP contribution in [0, 0.1) is 5.92 Å². The van der Waals surface area contributed by atoms with Crippen LogP contribution in [0.3, 0.4) is 0 Å². The van der Waals surface area contributed by atoms with Gasteiger partial charge in [-0.3, -0.25) is 4.79 Å². The first-order valence-corrected chi connectivity index (χ1v) is 3.17. The zero-order chi connectivity index (χ0) is 8.41. The predicted octanol–water partition coefficient (Wildman–Crippen LogP) is 0.502. The number of hydrogen-bond acceptors (Lipinski definition) is 2. The summed E-state index contributed by atoms with van der Waals surface area (Å²) in [4.78, 5) is 18.5. The molecule has 0 rings (SSSR count). The minimum Gasteiger partial charge on any atom is -0.540 e. The third kappa shape index (κ3) is 66.2. The average molecular weight is 233 g/mol. The minimum atomic E-state index is -0.0104. The summed E-state index contributed by atoms with van der Waals surface area (Å²) >= 11 is 0. The summed E-state index contributed by atoms with van der Waals surface area (Å²) in [6.07, 6.45) is 1.93. The molecule has 1 amide bonds. The maximum atomic E-state index is 9.27. The van der Waals surface area contributed by atoms with E-state index in [0.717, 1.165) is 5.92 Å². The van der Waals surface area contributed by atoms with Gasteiger partial charge in [-0.25, -0.2) is 6.29 Å². The van der Waals surface area contributed by atoms with Gasteiger partial charge in [0.05, 0.1) is 0 Å². The van der Waals surface area contributed by atoms with Crippen LogP contribution in [0.5, 0.6) is 0 Å². The molecule has 0 aromatic heterocycles. The molecular formula is C7H14NO2Y-. The fraction of sp³-hybridized carbons (Fsp3) is 0.714. The molecule has 0 bridgehead atoms. The molecule has 1 N–H and O–H groups in total. The second kappa shape index (κ2) is 16.7. The van der Waals surface area contributed by atoms with Gasteiger partial charge in [0.15, 0.2) is 0 Å². The molecule has 0 fully saturated rings. The van der Waals surface area contributed by atoms with E-state index in [1.807, 2.05) is 0 Å². The van der Waals surface area contributed by atoms with Gasteiger partial charge >= 0.3 is 0 Å². The minimum absolute atomic E-state index is 0. The third-order valence-corrected chi connectivity index (χ3v) is 0.258. The van der Waals surface area contributed by atoms with Crippen molar-refractivity contribution in [1.29, 1.82) is 0 Å². The fourth-order valence-electron chi connectivity index (χ4n) is 0.0833. The van der Waals surface area contributed by atoms with Crippen LogP contribution in [-0.4, -0.2) is 19.2 Å². The molecule has 0 aromatic carbocycles. The van der Waals surface area contributed by atoms with E-state index in [9.17, 15) is 9.59 Å². The van der Waals surface area contributed by atoms with Crippen molar-refractivity contribution in [2.24, 2.45) is 5.92 Å². The molecule has 0 heterocycles. The molecule has 3 nitrogen and oxygen atoms in total. The van der Waals surface area contributed by atoms with Gasteiger partial charge in [-0.1, -0.05) is 27.3 Å². The van der Waals surface area contributed by atoms with Crippen LogP contribution in [0.15, 0.2) is 0 Å². The van der Waals surface area contributed by atoms with Gasteiger partial charge in [-0.05, 0) is 5.92 Å². The molecule has 0 aliphatic heterocycles. The molecule has 11 heavy (non-hydrogen) atoms. The summed E-state index contributed by atoms with van der Waals surface area (Å²) < 4.78 is 0. The topological polar surface area (TPSA) is 46.2 Å². The van der Waals surface area contributed by atoms with Crippen molar-refractivity contribution in [3.8, 4) is 0 Å². The molecule has 0 aliphatic rings. The molecule has 4 heteroatoms. The quantitative estimate of drug-likeness (QED) is 0.438. The molecule has 1 radical (unpaired) electrons. The molecule has 0 atom stereocenters. The van der Waals surface area contributed by atoms with Crippen LogP contribution in [0.1, 0.15) is 20.8 Å². The van der Waals surface area contributed by atoms with E-state index in [-0.39, 0.29) is 39.3 Å². The van der Waals surface area contributed by atoms with E-state index in [2.05, 4.69) is 26.1 Å². The Hall–Kier alpha value is 0.244. The number of hydrogen-bond donors (Lipinski definition) is 1. The van der Waals surface area contributed by atoms with Gasteiger partial charge in [-0.15, -0.1) is 0 Å². The van der Waals surface area contributed by atoms with E-state index < -0.39 is 0 Å². The molecule has 63 valence electrons. The maximum Gasteiger partial charge on any atom is 0.204 e. The van der Waals surface area contributed by atoms with Crippen LogP contribution in [0.2, 0.25) is 0 Å². The molecule has 0 saturated heterocycles. The molecule has 0 spiro atoms. The van der Waals surface area contributed by atoms with Crippen molar-refractivity contribution in [2.45, 2.75) is 20.8 Å². The number of amides is 1. The molecule has 0 aliphatic carbocycles. The van der Waals surface area contributed by atoms with Crippen LogP contribution < -0.4 is 5.32 Å². The number of carbonyl (C=O) groups excluding carboxylic acids is 2. The Morgan fingerprint density at radius 2 is 1.82 bits per heavy atom. The normalized spacial score (nSPS) is 6.91. The second-order valence-corrected chi connectivity index (χ2v) is 2.38. The molecule has 0 unspecified atom stereocenters. The van der Waals surface area contributed by atoms with E-state index in [4.69, 9.17) is 0 Å². The van der Waals surface area contributed by atoms with Crippen LogP contribution in [-0.2, 0) is 42.3 Å². The van der Waals surface area contributed by atoms with E-state index >= 15 is 0 Å². The monoisotopic (exact) mass is 233 g/mol. The largest absolute Gasteiger partial charge is 0.540 e. The number of rotatable bonds is 3. The molecule has 0 saturated carbocycles. The van der Waals surface area contributed by atoms with Gasteiger partial charge in [0.2, 0.25) is 6.41 Å². The predicted molar refractivity (Wildman–Crippen MR) is 40.3 cm³/mol. The average Bonchev–Trinajstić information content (AvgIpc) is 1.82. The zero-order valence-corrected chi connectivity index (χ0v) is 10.1. The van der Waals surface area contributed by atoms with Gasteiger partial charge in [-0.2, -0.15) is 0 Å². The second-order valence-electron chi connectivity index (χ2n) is 2.38. The van der Waals surface area contributed by atoms with E-state index in [1.54, 1.807) is 0 Å². The SMILES string of the molecule is CC(C)C.O=[C-]CNC=O.[Y]. The summed E-state index contributed by atoms with van der Waals surface area (Å²) in [5.74, 6) is 0.833. The van der Waals surface area contributed by atoms with Crippen LogP contribution in [0.4, 0.5) is 0 Å². The van der Waals surface area contributed by atoms with Gasteiger partial charge in [0.1, 0.15) is 0 Å². The summed E-state index contributed by atoms with van der Waals surface area (Å²) in [5.41, 5.74) is 0. The van der Waals surface area contributed by atoms with Crippen molar-refractivity contribution < 1.29 is 42.3 Å². The first-order valence-electron chi connectivity index (χ1n) is 3.17. The number of nitrogens with one attached hydrogen (secondary N) is 1. The first kappa shape index (κ1) is 17.4. The molecule has 0 aromatic rings. The Bertz CT molecular complexity index is 75.8. The van der Waals surface area contributed by atoms with Gasteiger partial charge in [0, 0.05) is 32.7 Å². The number of carbonyl (C=O) groups is 1.